The summed E-state index contributed by atoms with van der Waals surface area (Å²) in [7, 11) is -3.42. The standard InChI is InChI=1S/C9H20N2O3S/c1-8(7-12)10-15(13,14)11-6-4-3-5-9(11)2/h8-10,12H,3-7H2,1-2H3/t8-,9?/m1/s1. The molecule has 2 atom stereocenters. The molecule has 90 valence electrons. The fourth-order valence-corrected chi connectivity index (χ4v) is 3.46. The van der Waals surface area contributed by atoms with Crippen LogP contribution in [0.3, 0.4) is 0 Å². The zero-order valence-corrected chi connectivity index (χ0v) is 10.1. The van der Waals surface area contributed by atoms with Gasteiger partial charge in [0.05, 0.1) is 6.61 Å². The van der Waals surface area contributed by atoms with Gasteiger partial charge < -0.3 is 5.11 Å². The van der Waals surface area contributed by atoms with E-state index in [2.05, 4.69) is 4.72 Å². The normalized spacial score (nSPS) is 26.5. The second-order valence-corrected chi connectivity index (χ2v) is 5.82. The van der Waals surface area contributed by atoms with Crippen LogP contribution in [0.1, 0.15) is 33.1 Å². The Balaban J connectivity index is 2.67. The molecule has 2 N–H and O–H groups in total. The van der Waals surface area contributed by atoms with Gasteiger partial charge in [0, 0.05) is 18.6 Å². The number of hydrogen-bond acceptors (Lipinski definition) is 3. The fraction of sp³-hybridized carbons (Fsp3) is 1.00. The maximum Gasteiger partial charge on any atom is 0.280 e. The van der Waals surface area contributed by atoms with Crippen molar-refractivity contribution in [3.05, 3.63) is 0 Å². The molecule has 1 fully saturated rings. The molecule has 0 spiro atoms. The second kappa shape index (κ2) is 5.25. The predicted octanol–water partition coefficient (Wildman–Crippen LogP) is 0.0760. The lowest BCUT2D eigenvalue weighted by Crippen LogP contribution is -2.50. The van der Waals surface area contributed by atoms with Crippen LogP contribution < -0.4 is 4.72 Å². The molecule has 5 nitrogen and oxygen atoms in total. The van der Waals surface area contributed by atoms with Crippen molar-refractivity contribution in [1.29, 1.82) is 0 Å². The van der Waals surface area contributed by atoms with Gasteiger partial charge in [0.2, 0.25) is 0 Å². The van der Waals surface area contributed by atoms with Crippen LogP contribution in [-0.2, 0) is 10.2 Å². The monoisotopic (exact) mass is 236 g/mol. The molecule has 1 unspecified atom stereocenters. The number of nitrogens with zero attached hydrogens (tertiary/aromatic N) is 1. The van der Waals surface area contributed by atoms with Crippen LogP contribution in [0.2, 0.25) is 0 Å². The molecule has 6 heteroatoms. The quantitative estimate of drug-likeness (QED) is 0.726. The van der Waals surface area contributed by atoms with Gasteiger partial charge in [0.1, 0.15) is 0 Å². The van der Waals surface area contributed by atoms with E-state index in [1.807, 2.05) is 6.92 Å². The third-order valence-electron chi connectivity index (χ3n) is 2.67. The first-order chi connectivity index (χ1) is 6.97. The van der Waals surface area contributed by atoms with Crippen molar-refractivity contribution in [3.63, 3.8) is 0 Å². The van der Waals surface area contributed by atoms with Crippen molar-refractivity contribution < 1.29 is 13.5 Å². The summed E-state index contributed by atoms with van der Waals surface area (Å²) in [6.07, 6.45) is 2.91. The molecule has 1 aliphatic rings. The lowest BCUT2D eigenvalue weighted by Gasteiger charge is -2.32. The maximum absolute atomic E-state index is 11.9. The lowest BCUT2D eigenvalue weighted by atomic mass is 10.1. The summed E-state index contributed by atoms with van der Waals surface area (Å²) in [5.41, 5.74) is 0. The Hall–Kier alpha value is -0.170. The van der Waals surface area contributed by atoms with Crippen LogP contribution >= 0.6 is 0 Å². The predicted molar refractivity (Wildman–Crippen MR) is 58.6 cm³/mol. The molecular weight excluding hydrogens is 216 g/mol. The van der Waals surface area contributed by atoms with Crippen LogP contribution in [0.15, 0.2) is 0 Å². The van der Waals surface area contributed by atoms with Crippen molar-refractivity contribution in [1.82, 2.24) is 9.03 Å². The van der Waals surface area contributed by atoms with E-state index in [1.54, 1.807) is 6.92 Å². The SMILES string of the molecule is CC1CCCCN1S(=O)(=O)N[C@H](C)CO. The largest absolute Gasteiger partial charge is 0.395 e. The summed E-state index contributed by atoms with van der Waals surface area (Å²) < 4.78 is 27.7. The Morgan fingerprint density at radius 3 is 2.73 bits per heavy atom. The zero-order chi connectivity index (χ0) is 11.5. The molecule has 0 aromatic carbocycles. The topological polar surface area (TPSA) is 69.6 Å². The number of nitrogens with one attached hydrogen (secondary N) is 1. The Morgan fingerprint density at radius 2 is 2.20 bits per heavy atom. The van der Waals surface area contributed by atoms with Gasteiger partial charge in [-0.3, -0.25) is 0 Å². The van der Waals surface area contributed by atoms with E-state index in [0.717, 1.165) is 19.3 Å². The number of rotatable bonds is 4. The number of aliphatic hydroxyl groups is 1. The first-order valence-electron chi connectivity index (χ1n) is 5.37. The molecule has 0 aliphatic carbocycles. The van der Waals surface area contributed by atoms with Gasteiger partial charge in [-0.05, 0) is 26.7 Å². The summed E-state index contributed by atoms with van der Waals surface area (Å²) in [5.74, 6) is 0. The fourth-order valence-electron chi connectivity index (χ4n) is 1.79. The van der Waals surface area contributed by atoms with E-state index >= 15 is 0 Å². The van der Waals surface area contributed by atoms with E-state index < -0.39 is 16.3 Å². The van der Waals surface area contributed by atoms with Gasteiger partial charge in [-0.1, -0.05) is 6.42 Å². The first-order valence-corrected chi connectivity index (χ1v) is 6.81. The molecule has 0 amide bonds. The molecule has 1 aliphatic heterocycles. The molecule has 1 saturated heterocycles. The zero-order valence-electron chi connectivity index (χ0n) is 9.31. The third kappa shape index (κ3) is 3.41. The molecule has 0 aromatic rings. The molecule has 0 saturated carbocycles. The Bertz CT molecular complexity index is 292. The van der Waals surface area contributed by atoms with Gasteiger partial charge in [-0.2, -0.15) is 17.4 Å². The summed E-state index contributed by atoms with van der Waals surface area (Å²) in [6, 6.07) is -0.369. The minimum absolute atomic E-state index is 0.0575. The highest BCUT2D eigenvalue weighted by Crippen LogP contribution is 2.19. The molecule has 1 heterocycles. The highest BCUT2D eigenvalue weighted by atomic mass is 32.2. The summed E-state index contributed by atoms with van der Waals surface area (Å²) in [5, 5.41) is 8.82. The van der Waals surface area contributed by atoms with Crippen LogP contribution in [-0.4, -0.2) is 43.1 Å². The molecule has 0 radical (unpaired) electrons. The molecule has 1 rings (SSSR count). The van der Waals surface area contributed by atoms with E-state index in [0.29, 0.717) is 6.54 Å². The van der Waals surface area contributed by atoms with Gasteiger partial charge in [0.25, 0.3) is 10.2 Å². The molecule has 0 aromatic heterocycles. The molecule has 15 heavy (non-hydrogen) atoms. The minimum Gasteiger partial charge on any atom is -0.395 e. The van der Waals surface area contributed by atoms with Crippen molar-refractivity contribution in [2.45, 2.75) is 45.2 Å². The Morgan fingerprint density at radius 1 is 1.53 bits per heavy atom. The van der Waals surface area contributed by atoms with Gasteiger partial charge in [0.15, 0.2) is 0 Å². The van der Waals surface area contributed by atoms with Crippen LogP contribution in [0.25, 0.3) is 0 Å². The highest BCUT2D eigenvalue weighted by Gasteiger charge is 2.30. The van der Waals surface area contributed by atoms with Gasteiger partial charge in [-0.25, -0.2) is 0 Å². The average molecular weight is 236 g/mol. The van der Waals surface area contributed by atoms with Crippen molar-refractivity contribution in [2.75, 3.05) is 13.2 Å². The van der Waals surface area contributed by atoms with Crippen LogP contribution in [0.4, 0.5) is 0 Å². The number of piperidine rings is 1. The molecular formula is C9H20N2O3S. The van der Waals surface area contributed by atoms with E-state index in [-0.39, 0.29) is 12.6 Å². The summed E-state index contributed by atoms with van der Waals surface area (Å²) in [4.78, 5) is 0. The molecule has 0 bridgehead atoms. The van der Waals surface area contributed by atoms with E-state index in [1.165, 1.54) is 4.31 Å². The third-order valence-corrected chi connectivity index (χ3v) is 4.53. The lowest BCUT2D eigenvalue weighted by molar-refractivity contribution is 0.246. The smallest absolute Gasteiger partial charge is 0.280 e. The minimum atomic E-state index is -3.42. The van der Waals surface area contributed by atoms with Crippen molar-refractivity contribution in [3.8, 4) is 0 Å². The number of aliphatic hydroxyl groups excluding tert-OH is 1. The first kappa shape index (κ1) is 12.9. The average Bonchev–Trinajstić information content (AvgIpc) is 2.17. The van der Waals surface area contributed by atoms with Crippen LogP contribution in [0, 0.1) is 0 Å². The Labute approximate surface area is 91.7 Å². The van der Waals surface area contributed by atoms with E-state index in [4.69, 9.17) is 5.11 Å². The van der Waals surface area contributed by atoms with Gasteiger partial charge in [-0.15, -0.1) is 0 Å². The second-order valence-electron chi connectivity index (χ2n) is 4.16. The van der Waals surface area contributed by atoms with Crippen molar-refractivity contribution >= 4 is 10.2 Å². The summed E-state index contributed by atoms with van der Waals surface area (Å²) in [6.45, 7) is 3.96. The highest BCUT2D eigenvalue weighted by molar-refractivity contribution is 7.87. The number of hydrogen-bond donors (Lipinski definition) is 2. The maximum atomic E-state index is 11.9. The summed E-state index contributed by atoms with van der Waals surface area (Å²) >= 11 is 0. The van der Waals surface area contributed by atoms with Gasteiger partial charge >= 0.3 is 0 Å². The van der Waals surface area contributed by atoms with E-state index in [9.17, 15) is 8.42 Å². The van der Waals surface area contributed by atoms with Crippen LogP contribution in [0.5, 0.6) is 0 Å². The Kier molecular flexibility index (Phi) is 4.51. The van der Waals surface area contributed by atoms with Crippen molar-refractivity contribution in [2.24, 2.45) is 0 Å².